The van der Waals surface area contributed by atoms with Gasteiger partial charge in [-0.3, -0.25) is 4.79 Å². The number of morpholine rings is 1. The minimum Gasteiger partial charge on any atom is -0.378 e. The Morgan fingerprint density at radius 2 is 1.92 bits per heavy atom. The molecule has 1 fully saturated rings. The highest BCUT2D eigenvalue weighted by Gasteiger charge is 2.34. The van der Waals surface area contributed by atoms with E-state index in [4.69, 9.17) is 4.74 Å². The number of nitrogens with two attached hydrogens (primary N) is 1. The summed E-state index contributed by atoms with van der Waals surface area (Å²) in [7, 11) is 0. The first-order valence-electron chi connectivity index (χ1n) is 8.99. The molecular formula is C21H25N2O2+. The molecule has 0 radical (unpaired) electrons. The van der Waals surface area contributed by atoms with E-state index >= 15 is 0 Å². The Morgan fingerprint density at radius 1 is 1.16 bits per heavy atom. The molecule has 1 saturated heterocycles. The maximum Gasteiger partial charge on any atom is 0.252 e. The van der Waals surface area contributed by atoms with Crippen molar-refractivity contribution in [3.05, 3.63) is 53.6 Å². The molecule has 25 heavy (non-hydrogen) atoms. The van der Waals surface area contributed by atoms with Gasteiger partial charge in [0.1, 0.15) is 5.70 Å². The number of carbonyl (C=O) groups is 1. The van der Waals surface area contributed by atoms with Gasteiger partial charge in [-0.05, 0) is 36.2 Å². The molecule has 4 heteroatoms. The lowest BCUT2D eigenvalue weighted by Crippen LogP contribution is -2.94. The molecule has 0 aliphatic carbocycles. The van der Waals surface area contributed by atoms with Crippen LogP contribution in [0.3, 0.4) is 0 Å². The third-order valence-electron chi connectivity index (χ3n) is 5.13. The topological polar surface area (TPSA) is 46.2 Å². The molecule has 0 atom stereocenters. The summed E-state index contributed by atoms with van der Waals surface area (Å²) in [4.78, 5) is 14.6. The smallest absolute Gasteiger partial charge is 0.252 e. The van der Waals surface area contributed by atoms with Crippen molar-refractivity contribution in [2.24, 2.45) is 0 Å². The average molecular weight is 337 g/mol. The fourth-order valence-corrected chi connectivity index (χ4v) is 3.93. The minimum atomic E-state index is 0.0360. The second-order valence-corrected chi connectivity index (χ2v) is 7.66. The Labute approximate surface area is 148 Å². The van der Waals surface area contributed by atoms with Crippen LogP contribution in [0.4, 0.5) is 0 Å². The Kier molecular flexibility index (Phi) is 4.10. The molecule has 2 N–H and O–H groups in total. The van der Waals surface area contributed by atoms with Gasteiger partial charge in [0.2, 0.25) is 0 Å². The molecule has 0 spiro atoms. The number of hydrogen-bond acceptors (Lipinski definition) is 2. The van der Waals surface area contributed by atoms with E-state index in [1.165, 1.54) is 21.9 Å². The summed E-state index contributed by atoms with van der Waals surface area (Å²) in [5, 5.41) is 4.81. The van der Waals surface area contributed by atoms with Gasteiger partial charge in [-0.1, -0.05) is 30.3 Å². The van der Waals surface area contributed by atoms with Crippen LogP contribution in [0.25, 0.3) is 16.5 Å². The van der Waals surface area contributed by atoms with E-state index in [2.05, 4.69) is 55.6 Å². The zero-order chi connectivity index (χ0) is 17.4. The molecule has 2 aromatic rings. The van der Waals surface area contributed by atoms with Crippen LogP contribution < -0.4 is 5.32 Å². The summed E-state index contributed by atoms with van der Waals surface area (Å²) in [6.07, 6.45) is 2.81. The highest BCUT2D eigenvalue weighted by Crippen LogP contribution is 2.31. The number of benzene rings is 2. The molecule has 130 valence electrons. The lowest BCUT2D eigenvalue weighted by atomic mass is 9.83. The Morgan fingerprint density at radius 3 is 2.72 bits per heavy atom. The van der Waals surface area contributed by atoms with Crippen molar-refractivity contribution in [1.82, 2.24) is 4.90 Å². The van der Waals surface area contributed by atoms with E-state index in [0.717, 1.165) is 12.1 Å². The maximum atomic E-state index is 12.7. The minimum absolute atomic E-state index is 0.0360. The van der Waals surface area contributed by atoms with Crippen LogP contribution in [0.2, 0.25) is 0 Å². The van der Waals surface area contributed by atoms with Crippen LogP contribution >= 0.6 is 0 Å². The fourth-order valence-electron chi connectivity index (χ4n) is 3.93. The van der Waals surface area contributed by atoms with Gasteiger partial charge in [0.15, 0.2) is 0 Å². The molecule has 1 amide bonds. The van der Waals surface area contributed by atoms with Gasteiger partial charge < -0.3 is 15.0 Å². The van der Waals surface area contributed by atoms with E-state index < -0.39 is 0 Å². The van der Waals surface area contributed by atoms with Gasteiger partial charge in [-0.25, -0.2) is 0 Å². The van der Waals surface area contributed by atoms with Gasteiger partial charge in [0.05, 0.1) is 24.8 Å². The number of rotatable bonds is 1. The van der Waals surface area contributed by atoms with Gasteiger partial charge in [0, 0.05) is 25.1 Å². The first kappa shape index (κ1) is 16.3. The predicted molar refractivity (Wildman–Crippen MR) is 99.0 cm³/mol. The molecule has 0 aromatic heterocycles. The third-order valence-corrected chi connectivity index (χ3v) is 5.13. The van der Waals surface area contributed by atoms with Crippen molar-refractivity contribution in [2.45, 2.75) is 25.8 Å². The average Bonchev–Trinajstić information content (AvgIpc) is 2.61. The highest BCUT2D eigenvalue weighted by molar-refractivity contribution is 5.96. The summed E-state index contributed by atoms with van der Waals surface area (Å²) in [5.41, 5.74) is 3.63. The summed E-state index contributed by atoms with van der Waals surface area (Å²) in [6.45, 7) is 7.10. The fraction of sp³-hybridized carbons (Fsp3) is 0.381. The quantitative estimate of drug-likeness (QED) is 0.809. The summed E-state index contributed by atoms with van der Waals surface area (Å²) < 4.78 is 5.35. The van der Waals surface area contributed by atoms with Crippen molar-refractivity contribution in [2.75, 3.05) is 26.3 Å². The summed E-state index contributed by atoms with van der Waals surface area (Å²) in [6, 6.07) is 12.8. The molecule has 4 rings (SSSR count). The predicted octanol–water partition coefficient (Wildman–Crippen LogP) is 1.94. The Balaban J connectivity index is 1.78. The van der Waals surface area contributed by atoms with Gasteiger partial charge in [0.25, 0.3) is 5.91 Å². The van der Waals surface area contributed by atoms with Crippen LogP contribution in [0.1, 0.15) is 25.0 Å². The number of quaternary nitrogens is 1. The maximum absolute atomic E-state index is 12.7. The summed E-state index contributed by atoms with van der Waals surface area (Å²) >= 11 is 0. The van der Waals surface area contributed by atoms with Crippen molar-refractivity contribution in [3.8, 4) is 0 Å². The van der Waals surface area contributed by atoms with Crippen molar-refractivity contribution in [1.29, 1.82) is 0 Å². The van der Waals surface area contributed by atoms with E-state index in [0.29, 0.717) is 26.3 Å². The number of hydrogen-bond donors (Lipinski definition) is 1. The lowest BCUT2D eigenvalue weighted by Gasteiger charge is -2.32. The SMILES string of the molecule is CC1(C)Cc2c(ccc3ccccc23)C(=CC(=O)N2CCOCC2)[NH2+]1. The van der Waals surface area contributed by atoms with E-state index in [1.54, 1.807) is 0 Å². The highest BCUT2D eigenvalue weighted by atomic mass is 16.5. The van der Waals surface area contributed by atoms with Crippen molar-refractivity contribution >= 4 is 22.4 Å². The molecule has 0 bridgehead atoms. The van der Waals surface area contributed by atoms with Crippen LogP contribution in [-0.2, 0) is 16.0 Å². The number of fused-ring (bicyclic) bond motifs is 3. The second-order valence-electron chi connectivity index (χ2n) is 7.66. The number of amides is 1. The van der Waals surface area contributed by atoms with Gasteiger partial charge in [-0.15, -0.1) is 0 Å². The second kappa shape index (κ2) is 6.28. The first-order chi connectivity index (χ1) is 12.0. The molecule has 4 nitrogen and oxygen atoms in total. The molecule has 0 saturated carbocycles. The Hall–Kier alpha value is -2.17. The molecule has 2 aliphatic rings. The number of carbonyl (C=O) groups excluding carboxylic acids is 1. The zero-order valence-electron chi connectivity index (χ0n) is 14.9. The van der Waals surface area contributed by atoms with Crippen LogP contribution in [-0.4, -0.2) is 42.6 Å². The molecule has 0 unspecified atom stereocenters. The third kappa shape index (κ3) is 3.20. The molecule has 2 aromatic carbocycles. The monoisotopic (exact) mass is 337 g/mol. The molecule has 2 heterocycles. The molecule has 2 aliphatic heterocycles. The zero-order valence-corrected chi connectivity index (χ0v) is 14.9. The van der Waals surface area contributed by atoms with E-state index in [-0.39, 0.29) is 11.4 Å². The van der Waals surface area contributed by atoms with Crippen LogP contribution in [0.5, 0.6) is 0 Å². The number of nitrogens with zero attached hydrogens (tertiary/aromatic N) is 1. The van der Waals surface area contributed by atoms with Crippen molar-refractivity contribution in [3.63, 3.8) is 0 Å². The normalized spacial score (nSPS) is 21.4. The van der Waals surface area contributed by atoms with Crippen LogP contribution in [0.15, 0.2) is 42.5 Å². The number of ether oxygens (including phenoxy) is 1. The largest absolute Gasteiger partial charge is 0.378 e. The standard InChI is InChI=1S/C21H24N2O2/c1-21(2)14-18-16-6-4-3-5-15(16)7-8-17(18)19(22-21)13-20(24)23-9-11-25-12-10-23/h3-8,13,22H,9-12,14H2,1-2H3/p+1. The first-order valence-corrected chi connectivity index (χ1v) is 8.99. The van der Waals surface area contributed by atoms with E-state index in [9.17, 15) is 4.79 Å². The summed E-state index contributed by atoms with van der Waals surface area (Å²) in [5.74, 6) is 0.0892. The van der Waals surface area contributed by atoms with Gasteiger partial charge in [-0.2, -0.15) is 0 Å². The van der Waals surface area contributed by atoms with E-state index in [1.807, 2.05) is 11.0 Å². The van der Waals surface area contributed by atoms with Crippen molar-refractivity contribution < 1.29 is 14.8 Å². The molecular weight excluding hydrogens is 312 g/mol. The Bertz CT molecular complexity index is 848. The van der Waals surface area contributed by atoms with Gasteiger partial charge >= 0.3 is 0 Å². The van der Waals surface area contributed by atoms with Crippen LogP contribution in [0, 0.1) is 0 Å². The lowest BCUT2D eigenvalue weighted by molar-refractivity contribution is -0.641.